The summed E-state index contributed by atoms with van der Waals surface area (Å²) >= 11 is 1.29. The van der Waals surface area contributed by atoms with Crippen LogP contribution in [0.3, 0.4) is 0 Å². The van der Waals surface area contributed by atoms with Gasteiger partial charge in [0, 0.05) is 63.0 Å². The minimum atomic E-state index is -0.563. The van der Waals surface area contributed by atoms with E-state index in [0.717, 1.165) is 24.8 Å². The number of carbonyl (C=O) groups excluding carboxylic acids is 2. The molecule has 2 aromatic heterocycles. The molecule has 0 saturated carbocycles. The van der Waals surface area contributed by atoms with E-state index < -0.39 is 11.2 Å². The molecule has 46 heavy (non-hydrogen) atoms. The molecule has 1 fully saturated rings. The van der Waals surface area contributed by atoms with E-state index in [1.165, 1.54) is 60.1 Å². The average Bonchev–Trinajstić information content (AvgIpc) is 3.05. The Morgan fingerprint density at radius 2 is 1.67 bits per heavy atom. The molecule has 0 bridgehead atoms. The van der Waals surface area contributed by atoms with Gasteiger partial charge in [0.25, 0.3) is 5.56 Å². The van der Waals surface area contributed by atoms with Crippen LogP contribution in [0.2, 0.25) is 0 Å². The number of halogens is 1. The van der Waals surface area contributed by atoms with Gasteiger partial charge in [-0.2, -0.15) is 4.98 Å². The Hall–Kier alpha value is -3.84. The van der Waals surface area contributed by atoms with E-state index in [2.05, 4.69) is 16.9 Å². The van der Waals surface area contributed by atoms with E-state index in [-0.39, 0.29) is 37.1 Å². The highest BCUT2D eigenvalue weighted by Crippen LogP contribution is 2.21. The zero-order valence-electron chi connectivity index (χ0n) is 26.7. The van der Waals surface area contributed by atoms with Crippen molar-refractivity contribution >= 4 is 23.6 Å². The molecule has 13 heteroatoms. The lowest BCUT2D eigenvalue weighted by atomic mass is 10.1. The molecule has 2 amide bonds. The van der Waals surface area contributed by atoms with Crippen LogP contribution in [-0.4, -0.2) is 80.6 Å². The SMILES string of the molecule is CCCCCCCCN(C)C(=O)Cn1cc(Cc2cnc(=O)n(CC(=O)N3CCOCC3)c2)c(=O)nc1SCc1ccc(F)cc1. The highest BCUT2D eigenvalue weighted by molar-refractivity contribution is 7.98. The lowest BCUT2D eigenvalue weighted by molar-refractivity contribution is -0.136. The number of aromatic nitrogens is 4. The minimum Gasteiger partial charge on any atom is -0.378 e. The van der Waals surface area contributed by atoms with E-state index >= 15 is 0 Å². The van der Waals surface area contributed by atoms with Crippen molar-refractivity contribution in [2.75, 3.05) is 39.9 Å². The number of hydrogen-bond acceptors (Lipinski definition) is 8. The third-order valence-corrected chi connectivity index (χ3v) is 8.92. The van der Waals surface area contributed by atoms with E-state index in [4.69, 9.17) is 4.74 Å². The molecule has 0 atom stereocenters. The summed E-state index contributed by atoms with van der Waals surface area (Å²) in [6.07, 6.45) is 11.4. The third kappa shape index (κ3) is 10.6. The van der Waals surface area contributed by atoms with Crippen LogP contribution in [0.5, 0.6) is 0 Å². The van der Waals surface area contributed by atoms with Crippen LogP contribution in [0.25, 0.3) is 0 Å². The molecule has 3 aromatic rings. The molecule has 1 aliphatic rings. The predicted molar refractivity (Wildman–Crippen MR) is 174 cm³/mol. The molecule has 0 unspecified atom stereocenters. The average molecular weight is 655 g/mol. The predicted octanol–water partition coefficient (Wildman–Crippen LogP) is 3.50. The van der Waals surface area contributed by atoms with Crippen LogP contribution in [0.15, 0.2) is 57.6 Å². The zero-order valence-corrected chi connectivity index (χ0v) is 27.5. The number of amides is 2. The number of benzene rings is 1. The van der Waals surface area contributed by atoms with Crippen LogP contribution in [0.4, 0.5) is 4.39 Å². The fourth-order valence-electron chi connectivity index (χ4n) is 5.10. The largest absolute Gasteiger partial charge is 0.378 e. The van der Waals surface area contributed by atoms with Gasteiger partial charge in [-0.05, 0) is 29.7 Å². The summed E-state index contributed by atoms with van der Waals surface area (Å²) in [5, 5.41) is 0.374. The van der Waals surface area contributed by atoms with Crippen molar-refractivity contribution in [2.45, 2.75) is 75.9 Å². The van der Waals surface area contributed by atoms with Crippen LogP contribution in [-0.2, 0) is 39.6 Å². The highest BCUT2D eigenvalue weighted by atomic mass is 32.2. The van der Waals surface area contributed by atoms with E-state index in [9.17, 15) is 23.6 Å². The van der Waals surface area contributed by atoms with Crippen molar-refractivity contribution in [1.29, 1.82) is 0 Å². The van der Waals surface area contributed by atoms with Gasteiger partial charge >= 0.3 is 5.69 Å². The zero-order chi connectivity index (χ0) is 32.9. The Kier molecular flexibility index (Phi) is 13.5. The summed E-state index contributed by atoms with van der Waals surface area (Å²) in [7, 11) is 1.78. The topological polar surface area (TPSA) is 120 Å². The summed E-state index contributed by atoms with van der Waals surface area (Å²) < 4.78 is 21.6. The van der Waals surface area contributed by atoms with Crippen LogP contribution < -0.4 is 11.2 Å². The second-order valence-corrected chi connectivity index (χ2v) is 12.5. The lowest BCUT2D eigenvalue weighted by Crippen LogP contribution is -2.43. The molecule has 3 heterocycles. The summed E-state index contributed by atoms with van der Waals surface area (Å²) in [4.78, 5) is 63.3. The highest BCUT2D eigenvalue weighted by Gasteiger charge is 2.19. The fourth-order valence-corrected chi connectivity index (χ4v) is 6.02. The monoisotopic (exact) mass is 654 g/mol. The summed E-state index contributed by atoms with van der Waals surface area (Å²) in [5.41, 5.74) is 0.699. The number of rotatable bonds is 16. The fraction of sp³-hybridized carbons (Fsp3) is 0.515. The smallest absolute Gasteiger partial charge is 0.347 e. The van der Waals surface area contributed by atoms with Crippen molar-refractivity contribution in [3.63, 3.8) is 0 Å². The molecule has 1 saturated heterocycles. The van der Waals surface area contributed by atoms with E-state index in [1.54, 1.807) is 39.7 Å². The number of ether oxygens (including phenoxy) is 1. The first-order valence-corrected chi connectivity index (χ1v) is 16.8. The normalized spacial score (nSPS) is 13.2. The molecule has 248 valence electrons. The lowest BCUT2D eigenvalue weighted by Gasteiger charge is -2.27. The number of morpholine rings is 1. The molecular formula is C33H43FN6O5S. The molecule has 11 nitrogen and oxygen atoms in total. The second-order valence-electron chi connectivity index (χ2n) is 11.5. The Morgan fingerprint density at radius 3 is 2.41 bits per heavy atom. The van der Waals surface area contributed by atoms with Gasteiger partial charge in [-0.15, -0.1) is 0 Å². The second kappa shape index (κ2) is 17.7. The van der Waals surface area contributed by atoms with Gasteiger partial charge in [-0.25, -0.2) is 14.2 Å². The number of unbranched alkanes of at least 4 members (excludes halogenated alkanes) is 5. The van der Waals surface area contributed by atoms with E-state index in [1.807, 2.05) is 0 Å². The third-order valence-electron chi connectivity index (χ3n) is 7.86. The molecule has 1 aliphatic heterocycles. The van der Waals surface area contributed by atoms with Crippen LogP contribution >= 0.6 is 11.8 Å². The first-order chi connectivity index (χ1) is 22.2. The molecule has 0 N–H and O–H groups in total. The van der Waals surface area contributed by atoms with Crippen molar-refractivity contribution in [3.05, 3.63) is 86.2 Å². The maximum absolute atomic E-state index is 13.4. The van der Waals surface area contributed by atoms with Crippen LogP contribution in [0.1, 0.15) is 62.1 Å². The first kappa shape index (κ1) is 35.0. The maximum atomic E-state index is 13.4. The van der Waals surface area contributed by atoms with Crippen molar-refractivity contribution in [2.24, 2.45) is 0 Å². The summed E-state index contributed by atoms with van der Waals surface area (Å²) in [6.45, 7) is 4.47. The Labute approximate surface area is 272 Å². The Bertz CT molecular complexity index is 1570. The van der Waals surface area contributed by atoms with Crippen LogP contribution in [0, 0.1) is 5.82 Å². The molecule has 4 rings (SSSR count). The summed E-state index contributed by atoms with van der Waals surface area (Å²) in [5.74, 6) is -0.219. The van der Waals surface area contributed by atoms with Crippen molar-refractivity contribution in [3.8, 4) is 0 Å². The molecule has 1 aromatic carbocycles. The Morgan fingerprint density at radius 1 is 0.957 bits per heavy atom. The first-order valence-electron chi connectivity index (χ1n) is 15.9. The maximum Gasteiger partial charge on any atom is 0.347 e. The van der Waals surface area contributed by atoms with Crippen molar-refractivity contribution in [1.82, 2.24) is 28.9 Å². The van der Waals surface area contributed by atoms with Crippen molar-refractivity contribution < 1.29 is 18.7 Å². The van der Waals surface area contributed by atoms with Gasteiger partial charge in [0.2, 0.25) is 11.8 Å². The van der Waals surface area contributed by atoms with Gasteiger partial charge in [0.15, 0.2) is 5.16 Å². The molecular weight excluding hydrogens is 611 g/mol. The summed E-state index contributed by atoms with van der Waals surface area (Å²) in [6, 6.07) is 6.10. The number of thioether (sulfide) groups is 1. The van der Waals surface area contributed by atoms with Gasteiger partial charge in [-0.1, -0.05) is 62.9 Å². The van der Waals surface area contributed by atoms with Gasteiger partial charge < -0.3 is 19.1 Å². The van der Waals surface area contributed by atoms with Gasteiger partial charge in [-0.3, -0.25) is 19.0 Å². The Balaban J connectivity index is 1.51. The van der Waals surface area contributed by atoms with Gasteiger partial charge in [0.1, 0.15) is 18.9 Å². The quantitative estimate of drug-likeness (QED) is 0.131. The number of hydrogen-bond donors (Lipinski definition) is 0. The molecule has 0 spiro atoms. The number of nitrogens with zero attached hydrogens (tertiary/aromatic N) is 6. The standard InChI is InChI=1S/C33H43FN6O5S/c1-3-4-5-6-7-8-13-37(2)29(41)22-40-21-27(31(43)36-33(40)46-24-25-9-11-28(34)12-10-25)18-26-19-35-32(44)39(20-26)23-30(42)38-14-16-45-17-15-38/h9-12,19-21H,3-8,13-18,22-24H2,1-2H3. The van der Waals surface area contributed by atoms with Gasteiger partial charge in [0.05, 0.1) is 13.2 Å². The molecule has 0 radical (unpaired) electrons. The van der Waals surface area contributed by atoms with E-state index in [0.29, 0.717) is 54.9 Å². The number of carbonyl (C=O) groups is 2. The minimum absolute atomic E-state index is 0.00976. The molecule has 0 aliphatic carbocycles. The number of likely N-dealkylation sites (N-methyl/N-ethyl adjacent to an activating group) is 1.